The van der Waals surface area contributed by atoms with Crippen LogP contribution in [0.25, 0.3) is 5.69 Å². The molecule has 0 fully saturated rings. The first kappa shape index (κ1) is 18.5. The van der Waals surface area contributed by atoms with Crippen molar-refractivity contribution in [2.45, 2.75) is 32.4 Å². The average Bonchev–Trinajstić information content (AvgIpc) is 3.43. The largest absolute Gasteiger partial charge is 0.298 e. The van der Waals surface area contributed by atoms with Crippen LogP contribution in [0.4, 0.5) is 0 Å². The summed E-state index contributed by atoms with van der Waals surface area (Å²) in [6.07, 6.45) is 2.28. The highest BCUT2D eigenvalue weighted by molar-refractivity contribution is 7.10. The molecule has 4 aromatic rings. The van der Waals surface area contributed by atoms with Gasteiger partial charge in [0.2, 0.25) is 0 Å². The van der Waals surface area contributed by atoms with E-state index < -0.39 is 0 Å². The van der Waals surface area contributed by atoms with Crippen LogP contribution in [-0.4, -0.2) is 20.2 Å². The van der Waals surface area contributed by atoms with Gasteiger partial charge in [-0.05, 0) is 51.6 Å². The van der Waals surface area contributed by atoms with Crippen molar-refractivity contribution in [2.75, 3.05) is 0 Å². The minimum absolute atomic E-state index is 0.108. The number of para-hydroxylation sites is 1. The van der Waals surface area contributed by atoms with Crippen molar-refractivity contribution in [3.63, 3.8) is 0 Å². The second kappa shape index (κ2) is 8.91. The van der Waals surface area contributed by atoms with Crippen LogP contribution in [0.5, 0.6) is 0 Å². The van der Waals surface area contributed by atoms with Crippen molar-refractivity contribution in [1.29, 1.82) is 0 Å². The lowest BCUT2D eigenvalue weighted by molar-refractivity contribution is 0.582. The van der Waals surface area contributed by atoms with Crippen molar-refractivity contribution in [3.8, 4) is 5.69 Å². The highest BCUT2D eigenvalue weighted by atomic mass is 32.1. The maximum Gasteiger partial charge on any atom is 0.170 e. The van der Waals surface area contributed by atoms with Gasteiger partial charge in [0.05, 0.1) is 18.3 Å². The summed E-state index contributed by atoms with van der Waals surface area (Å²) in [5, 5.41) is 18.0. The van der Waals surface area contributed by atoms with Gasteiger partial charge in [-0.2, -0.15) is 4.68 Å². The third-order valence-corrected chi connectivity index (χ3v) is 5.62. The van der Waals surface area contributed by atoms with Gasteiger partial charge in [-0.3, -0.25) is 5.32 Å². The second-order valence-electron chi connectivity index (χ2n) is 6.66. The molecule has 0 radical (unpaired) electrons. The molecule has 2 aromatic carbocycles. The maximum atomic E-state index is 4.22. The average molecular weight is 390 g/mol. The fraction of sp³-hybridized carbons (Fsp3) is 0.227. The van der Waals surface area contributed by atoms with Gasteiger partial charge in [-0.25, -0.2) is 0 Å². The first-order chi connectivity index (χ1) is 13.8. The molecular weight excluding hydrogens is 366 g/mol. The second-order valence-corrected chi connectivity index (χ2v) is 7.64. The number of aryl methyl sites for hydroxylation is 1. The molecule has 0 spiro atoms. The molecule has 0 aliphatic rings. The monoisotopic (exact) mass is 389 g/mol. The van der Waals surface area contributed by atoms with E-state index in [-0.39, 0.29) is 6.04 Å². The SMILES string of the molecule is CCCc1ccc([C@@H](NCc2nnnn2-c2ccccc2)c2cccs2)cc1. The Morgan fingerprint density at radius 2 is 1.82 bits per heavy atom. The van der Waals surface area contributed by atoms with E-state index >= 15 is 0 Å². The number of rotatable bonds is 8. The Morgan fingerprint density at radius 1 is 1.00 bits per heavy atom. The fourth-order valence-corrected chi connectivity index (χ4v) is 4.11. The lowest BCUT2D eigenvalue weighted by Crippen LogP contribution is -2.23. The first-order valence-corrected chi connectivity index (χ1v) is 10.4. The standard InChI is InChI=1S/C22H23N5S/c1-2-7-17-11-13-18(14-12-17)22(20-10-6-15-28-20)23-16-21-24-25-26-27(21)19-8-4-3-5-9-19/h3-6,8-15,22-23H,2,7,16H2,1H3/t22-/m1/s1. The van der Waals surface area contributed by atoms with E-state index in [1.54, 1.807) is 16.0 Å². The van der Waals surface area contributed by atoms with Crippen molar-refractivity contribution in [1.82, 2.24) is 25.5 Å². The Bertz CT molecular complexity index is 977. The lowest BCUT2D eigenvalue weighted by Gasteiger charge is -2.18. The van der Waals surface area contributed by atoms with Gasteiger partial charge in [0.15, 0.2) is 5.82 Å². The van der Waals surface area contributed by atoms with Gasteiger partial charge >= 0.3 is 0 Å². The summed E-state index contributed by atoms with van der Waals surface area (Å²) < 4.78 is 1.78. The molecule has 2 aromatic heterocycles. The molecule has 0 saturated heterocycles. The molecule has 0 aliphatic heterocycles. The molecule has 1 N–H and O–H groups in total. The molecule has 142 valence electrons. The number of nitrogens with one attached hydrogen (secondary N) is 1. The van der Waals surface area contributed by atoms with E-state index in [1.807, 2.05) is 30.3 Å². The zero-order valence-electron chi connectivity index (χ0n) is 15.8. The molecule has 4 rings (SSSR count). The Labute approximate surface area is 169 Å². The minimum atomic E-state index is 0.108. The van der Waals surface area contributed by atoms with Crippen molar-refractivity contribution < 1.29 is 0 Å². The normalized spacial score (nSPS) is 12.2. The summed E-state index contributed by atoms with van der Waals surface area (Å²) in [6.45, 7) is 2.78. The van der Waals surface area contributed by atoms with E-state index in [9.17, 15) is 0 Å². The summed E-state index contributed by atoms with van der Waals surface area (Å²) in [5.41, 5.74) is 3.59. The Hall–Kier alpha value is -2.83. The van der Waals surface area contributed by atoms with Gasteiger partial charge < -0.3 is 0 Å². The van der Waals surface area contributed by atoms with Crippen LogP contribution in [0.3, 0.4) is 0 Å². The molecule has 0 unspecified atom stereocenters. The summed E-state index contributed by atoms with van der Waals surface area (Å²) in [5.74, 6) is 0.787. The highest BCUT2D eigenvalue weighted by Crippen LogP contribution is 2.27. The van der Waals surface area contributed by atoms with Crippen LogP contribution < -0.4 is 5.32 Å². The zero-order valence-corrected chi connectivity index (χ0v) is 16.6. The predicted molar refractivity (Wildman–Crippen MR) is 113 cm³/mol. The van der Waals surface area contributed by atoms with Crippen LogP contribution in [-0.2, 0) is 13.0 Å². The Kier molecular flexibility index (Phi) is 5.89. The molecule has 2 heterocycles. The topological polar surface area (TPSA) is 55.6 Å². The van der Waals surface area contributed by atoms with E-state index in [1.165, 1.54) is 16.0 Å². The van der Waals surface area contributed by atoms with Crippen LogP contribution in [0, 0.1) is 0 Å². The molecule has 6 heteroatoms. The molecule has 0 saturated carbocycles. The van der Waals surface area contributed by atoms with E-state index in [4.69, 9.17) is 0 Å². The van der Waals surface area contributed by atoms with Crippen LogP contribution in [0.2, 0.25) is 0 Å². The van der Waals surface area contributed by atoms with E-state index in [2.05, 4.69) is 69.5 Å². The Balaban J connectivity index is 1.56. The van der Waals surface area contributed by atoms with Gasteiger partial charge in [0, 0.05) is 4.88 Å². The van der Waals surface area contributed by atoms with Crippen molar-refractivity contribution in [2.24, 2.45) is 0 Å². The van der Waals surface area contributed by atoms with Crippen molar-refractivity contribution in [3.05, 3.63) is 93.9 Å². The number of benzene rings is 2. The summed E-state index contributed by atoms with van der Waals surface area (Å²) in [4.78, 5) is 1.28. The minimum Gasteiger partial charge on any atom is -0.298 e. The van der Waals surface area contributed by atoms with Gasteiger partial charge in [0.25, 0.3) is 0 Å². The van der Waals surface area contributed by atoms with Crippen LogP contribution >= 0.6 is 11.3 Å². The third-order valence-electron chi connectivity index (χ3n) is 4.68. The van der Waals surface area contributed by atoms with E-state index in [0.29, 0.717) is 6.54 Å². The number of hydrogen-bond acceptors (Lipinski definition) is 5. The van der Waals surface area contributed by atoms with Crippen LogP contribution in [0.1, 0.15) is 41.2 Å². The summed E-state index contributed by atoms with van der Waals surface area (Å²) in [6, 6.07) is 23.2. The molecule has 5 nitrogen and oxygen atoms in total. The molecule has 0 amide bonds. The summed E-state index contributed by atoms with van der Waals surface area (Å²) >= 11 is 1.76. The smallest absolute Gasteiger partial charge is 0.170 e. The summed E-state index contributed by atoms with van der Waals surface area (Å²) in [7, 11) is 0. The van der Waals surface area contributed by atoms with Gasteiger partial charge in [0.1, 0.15) is 0 Å². The number of hydrogen-bond donors (Lipinski definition) is 1. The molecular formula is C22H23N5S. The number of aromatic nitrogens is 4. The molecule has 0 bridgehead atoms. The van der Waals surface area contributed by atoms with Gasteiger partial charge in [-0.1, -0.05) is 61.9 Å². The third kappa shape index (κ3) is 4.18. The lowest BCUT2D eigenvalue weighted by atomic mass is 10.0. The zero-order chi connectivity index (χ0) is 19.2. The number of nitrogens with zero attached hydrogens (tertiary/aromatic N) is 4. The quantitative estimate of drug-likeness (QED) is 0.480. The van der Waals surface area contributed by atoms with E-state index in [0.717, 1.165) is 24.4 Å². The highest BCUT2D eigenvalue weighted by Gasteiger charge is 2.17. The van der Waals surface area contributed by atoms with Crippen LogP contribution in [0.15, 0.2) is 72.1 Å². The molecule has 1 atom stereocenters. The fourth-order valence-electron chi connectivity index (χ4n) is 3.28. The molecule has 28 heavy (non-hydrogen) atoms. The Morgan fingerprint density at radius 3 is 2.54 bits per heavy atom. The number of tetrazole rings is 1. The predicted octanol–water partition coefficient (Wildman–Crippen LogP) is 4.56. The number of thiophene rings is 1. The maximum absolute atomic E-state index is 4.22. The molecule has 0 aliphatic carbocycles. The van der Waals surface area contributed by atoms with Crippen molar-refractivity contribution >= 4 is 11.3 Å². The first-order valence-electron chi connectivity index (χ1n) is 9.53. The van der Waals surface area contributed by atoms with Gasteiger partial charge in [-0.15, -0.1) is 16.4 Å².